The van der Waals surface area contributed by atoms with Gasteiger partial charge in [0, 0.05) is 30.8 Å². The molecule has 8 nitrogen and oxygen atoms in total. The van der Waals surface area contributed by atoms with Crippen molar-refractivity contribution in [2.75, 3.05) is 6.61 Å². The predicted octanol–water partition coefficient (Wildman–Crippen LogP) is 3.20. The second-order valence-corrected chi connectivity index (χ2v) is 8.76. The third-order valence-corrected chi connectivity index (χ3v) is 6.09. The molecule has 0 spiro atoms. The van der Waals surface area contributed by atoms with Gasteiger partial charge in [-0.1, -0.05) is 42.5 Å². The molecule has 1 aliphatic heterocycles. The first-order valence-electron chi connectivity index (χ1n) is 11.4. The standard InChI is InChI=1S/C25H28N6O2/c1-18-9-10-20-13-21(25(32)26-23(20)12-18)15-30(14-19-6-3-2-4-7-19)17-24-27-28-29-31(24)16-22-8-5-11-33-22/h2-4,6-7,9-10,12-13,22H,5,8,11,14-17H2,1H3,(H,26,32)/t22-/m0/s1. The molecule has 1 saturated heterocycles. The highest BCUT2D eigenvalue weighted by atomic mass is 16.5. The van der Waals surface area contributed by atoms with Crippen LogP contribution in [0.15, 0.2) is 59.4 Å². The van der Waals surface area contributed by atoms with Crippen molar-refractivity contribution in [2.45, 2.75) is 52.0 Å². The van der Waals surface area contributed by atoms with Crippen molar-refractivity contribution < 1.29 is 4.74 Å². The zero-order valence-electron chi connectivity index (χ0n) is 18.8. The molecule has 170 valence electrons. The number of hydrogen-bond donors (Lipinski definition) is 1. The van der Waals surface area contributed by atoms with E-state index in [1.54, 1.807) is 0 Å². The number of benzene rings is 2. The van der Waals surface area contributed by atoms with Crippen LogP contribution in [0, 0.1) is 6.92 Å². The lowest BCUT2D eigenvalue weighted by atomic mass is 10.1. The van der Waals surface area contributed by atoms with Crippen LogP contribution in [0.1, 0.15) is 35.4 Å². The molecule has 5 rings (SSSR count). The van der Waals surface area contributed by atoms with E-state index in [-0.39, 0.29) is 11.7 Å². The third kappa shape index (κ3) is 5.18. The predicted molar refractivity (Wildman–Crippen MR) is 125 cm³/mol. The minimum absolute atomic E-state index is 0.0647. The van der Waals surface area contributed by atoms with Crippen molar-refractivity contribution >= 4 is 10.9 Å². The molecule has 2 aromatic carbocycles. The topological polar surface area (TPSA) is 88.9 Å². The minimum Gasteiger partial charge on any atom is -0.376 e. The summed E-state index contributed by atoms with van der Waals surface area (Å²) in [4.78, 5) is 18.1. The van der Waals surface area contributed by atoms with Crippen LogP contribution < -0.4 is 5.56 Å². The maximum absolute atomic E-state index is 12.9. The van der Waals surface area contributed by atoms with E-state index >= 15 is 0 Å². The number of rotatable bonds is 8. The molecule has 1 atom stereocenters. The van der Waals surface area contributed by atoms with Crippen molar-refractivity contribution in [2.24, 2.45) is 0 Å². The highest BCUT2D eigenvalue weighted by Crippen LogP contribution is 2.18. The molecule has 1 N–H and O–H groups in total. The van der Waals surface area contributed by atoms with Crippen LogP contribution in [0.4, 0.5) is 0 Å². The molecule has 0 aliphatic carbocycles. The number of tetrazole rings is 1. The Morgan fingerprint density at radius 2 is 2.00 bits per heavy atom. The largest absolute Gasteiger partial charge is 0.376 e. The lowest BCUT2D eigenvalue weighted by Gasteiger charge is -2.22. The summed E-state index contributed by atoms with van der Waals surface area (Å²) >= 11 is 0. The summed E-state index contributed by atoms with van der Waals surface area (Å²) in [6, 6.07) is 18.3. The van der Waals surface area contributed by atoms with Gasteiger partial charge >= 0.3 is 0 Å². The van der Waals surface area contributed by atoms with Gasteiger partial charge in [0.05, 0.1) is 19.2 Å². The van der Waals surface area contributed by atoms with Gasteiger partial charge in [-0.15, -0.1) is 5.10 Å². The molecule has 33 heavy (non-hydrogen) atoms. The van der Waals surface area contributed by atoms with Crippen LogP contribution >= 0.6 is 0 Å². The second kappa shape index (κ2) is 9.64. The maximum Gasteiger partial charge on any atom is 0.252 e. The van der Waals surface area contributed by atoms with Gasteiger partial charge in [0.1, 0.15) is 0 Å². The smallest absolute Gasteiger partial charge is 0.252 e. The molecule has 0 saturated carbocycles. The SMILES string of the molecule is Cc1ccc2cc(CN(Cc3ccccc3)Cc3nnnn3C[C@@H]3CCCO3)c(=O)[nH]c2c1. The minimum atomic E-state index is -0.0647. The van der Waals surface area contributed by atoms with E-state index in [4.69, 9.17) is 4.74 Å². The van der Waals surface area contributed by atoms with E-state index in [1.807, 2.05) is 48.0 Å². The first-order chi connectivity index (χ1) is 16.1. The molecule has 3 heterocycles. The quantitative estimate of drug-likeness (QED) is 0.449. The van der Waals surface area contributed by atoms with Crippen LogP contribution in [0.3, 0.4) is 0 Å². The lowest BCUT2D eigenvalue weighted by Crippen LogP contribution is -2.29. The van der Waals surface area contributed by atoms with E-state index in [9.17, 15) is 4.79 Å². The molecular weight excluding hydrogens is 416 g/mol. The number of aromatic amines is 1. The molecule has 1 fully saturated rings. The number of H-pyrrole nitrogens is 1. The Morgan fingerprint density at radius 1 is 1.12 bits per heavy atom. The van der Waals surface area contributed by atoms with E-state index in [1.165, 1.54) is 5.56 Å². The summed E-state index contributed by atoms with van der Waals surface area (Å²) in [5.74, 6) is 0.772. The highest BCUT2D eigenvalue weighted by molar-refractivity contribution is 5.79. The number of hydrogen-bond acceptors (Lipinski definition) is 6. The van der Waals surface area contributed by atoms with Gasteiger partial charge in [0.25, 0.3) is 5.56 Å². The Kier molecular flexibility index (Phi) is 6.28. The fourth-order valence-corrected chi connectivity index (χ4v) is 4.39. The molecule has 8 heteroatoms. The molecule has 0 radical (unpaired) electrons. The first-order valence-corrected chi connectivity index (χ1v) is 11.4. The first kappa shape index (κ1) is 21.5. The average Bonchev–Trinajstić information content (AvgIpc) is 3.48. The fraction of sp³-hybridized carbons (Fsp3) is 0.360. The normalized spacial score (nSPS) is 16.1. The number of pyridine rings is 1. The van der Waals surface area contributed by atoms with Gasteiger partial charge in [-0.2, -0.15) is 0 Å². The maximum atomic E-state index is 12.9. The van der Waals surface area contributed by atoms with Crippen molar-refractivity contribution in [3.8, 4) is 0 Å². The van der Waals surface area contributed by atoms with Gasteiger partial charge in [0.2, 0.25) is 0 Å². The molecule has 0 unspecified atom stereocenters. The van der Waals surface area contributed by atoms with Gasteiger partial charge in [-0.25, -0.2) is 4.68 Å². The van der Waals surface area contributed by atoms with Crippen LogP contribution in [0.2, 0.25) is 0 Å². The molecular formula is C25H28N6O2. The molecule has 0 bridgehead atoms. The van der Waals surface area contributed by atoms with Gasteiger partial charge in [0.15, 0.2) is 5.82 Å². The van der Waals surface area contributed by atoms with Gasteiger partial charge < -0.3 is 9.72 Å². The van der Waals surface area contributed by atoms with E-state index < -0.39 is 0 Å². The van der Waals surface area contributed by atoms with E-state index in [0.717, 1.165) is 47.3 Å². The van der Waals surface area contributed by atoms with Crippen molar-refractivity contribution in [3.05, 3.63) is 87.5 Å². The van der Waals surface area contributed by atoms with Crippen LogP contribution in [0.25, 0.3) is 10.9 Å². The summed E-state index contributed by atoms with van der Waals surface area (Å²) in [5, 5.41) is 13.4. The molecule has 2 aromatic heterocycles. The summed E-state index contributed by atoms with van der Waals surface area (Å²) in [6.07, 6.45) is 2.26. The number of fused-ring (bicyclic) bond motifs is 1. The number of aromatic nitrogens is 5. The average molecular weight is 445 g/mol. The lowest BCUT2D eigenvalue weighted by molar-refractivity contribution is 0.0914. The zero-order valence-corrected chi connectivity index (χ0v) is 18.8. The number of aryl methyl sites for hydroxylation is 1. The van der Waals surface area contributed by atoms with E-state index in [2.05, 4.69) is 43.6 Å². The van der Waals surface area contributed by atoms with Crippen LogP contribution in [-0.4, -0.2) is 42.8 Å². The third-order valence-electron chi connectivity index (χ3n) is 6.09. The Hall–Kier alpha value is -3.36. The summed E-state index contributed by atoms with van der Waals surface area (Å²) in [7, 11) is 0. The number of nitrogens with zero attached hydrogens (tertiary/aromatic N) is 5. The van der Waals surface area contributed by atoms with Gasteiger partial charge in [-0.3, -0.25) is 9.69 Å². The monoisotopic (exact) mass is 444 g/mol. The molecule has 0 amide bonds. The van der Waals surface area contributed by atoms with E-state index in [0.29, 0.717) is 26.2 Å². The van der Waals surface area contributed by atoms with Crippen LogP contribution in [-0.2, 0) is 30.9 Å². The Morgan fingerprint density at radius 3 is 2.82 bits per heavy atom. The molecule has 1 aliphatic rings. The Bertz CT molecular complexity index is 1280. The summed E-state index contributed by atoms with van der Waals surface area (Å²) in [6.45, 7) is 5.16. The summed E-state index contributed by atoms with van der Waals surface area (Å²) in [5.41, 5.74) is 3.81. The number of ether oxygens (including phenoxy) is 1. The zero-order chi connectivity index (χ0) is 22.6. The second-order valence-electron chi connectivity index (χ2n) is 8.76. The molecule has 4 aromatic rings. The highest BCUT2D eigenvalue weighted by Gasteiger charge is 2.20. The van der Waals surface area contributed by atoms with Crippen molar-refractivity contribution in [1.29, 1.82) is 0 Å². The summed E-state index contributed by atoms with van der Waals surface area (Å²) < 4.78 is 7.60. The fourth-order valence-electron chi connectivity index (χ4n) is 4.39. The van der Waals surface area contributed by atoms with Crippen molar-refractivity contribution in [3.63, 3.8) is 0 Å². The Balaban J connectivity index is 1.41. The van der Waals surface area contributed by atoms with Crippen molar-refractivity contribution in [1.82, 2.24) is 30.1 Å². The Labute approximate surface area is 192 Å². The van der Waals surface area contributed by atoms with Crippen LogP contribution in [0.5, 0.6) is 0 Å². The van der Waals surface area contributed by atoms with Gasteiger partial charge in [-0.05, 0) is 58.8 Å². The number of nitrogens with one attached hydrogen (secondary N) is 1.